The third-order valence-corrected chi connectivity index (χ3v) is 7.75. The van der Waals surface area contributed by atoms with Crippen molar-refractivity contribution in [2.75, 3.05) is 6.54 Å². The molecule has 0 aromatic heterocycles. The minimum Gasteiger partial charge on any atom is -0.480 e. The van der Waals surface area contributed by atoms with Crippen molar-refractivity contribution < 1.29 is 43.3 Å². The van der Waals surface area contributed by atoms with Crippen molar-refractivity contribution in [3.8, 4) is 0 Å². The Morgan fingerprint density at radius 2 is 1.02 bits per heavy atom. The molecule has 0 fully saturated rings. The first-order chi connectivity index (χ1) is 25.2. The maximum Gasteiger partial charge on any atom is 0.408 e. The predicted molar refractivity (Wildman–Crippen MR) is 204 cm³/mol. The van der Waals surface area contributed by atoms with Crippen LogP contribution in [0, 0.1) is 5.92 Å². The lowest BCUT2D eigenvalue weighted by molar-refractivity contribution is -0.142. The summed E-state index contributed by atoms with van der Waals surface area (Å²) < 4.78 is 10.6. The zero-order valence-corrected chi connectivity index (χ0v) is 32.8. The normalized spacial score (nSPS) is 13.7. The van der Waals surface area contributed by atoms with Gasteiger partial charge in [-0.25, -0.2) is 14.4 Å². The minimum atomic E-state index is -1.25. The van der Waals surface area contributed by atoms with Crippen LogP contribution < -0.4 is 26.6 Å². The Bertz CT molecular complexity index is 1520. The summed E-state index contributed by atoms with van der Waals surface area (Å²) in [5, 5.41) is 23.3. The molecule has 5 amide bonds. The fraction of sp³-hybridized carbons (Fsp3) is 0.550. The molecule has 2 aromatic carbocycles. The van der Waals surface area contributed by atoms with Crippen molar-refractivity contribution in [1.82, 2.24) is 26.6 Å². The molecule has 54 heavy (non-hydrogen) atoms. The summed E-state index contributed by atoms with van der Waals surface area (Å²) in [4.78, 5) is 78.3. The number of benzene rings is 2. The lowest BCUT2D eigenvalue weighted by Gasteiger charge is -2.27. The lowest BCUT2D eigenvalue weighted by Crippen LogP contribution is -2.58. The molecule has 0 aliphatic carbocycles. The number of aliphatic carboxylic acids is 1. The molecular formula is C40H59N5O9. The number of nitrogens with one attached hydrogen (secondary N) is 5. The van der Waals surface area contributed by atoms with E-state index in [4.69, 9.17) is 9.47 Å². The number of carbonyl (C=O) groups is 6. The predicted octanol–water partition coefficient (Wildman–Crippen LogP) is 4.65. The number of amides is 5. The monoisotopic (exact) mass is 753 g/mol. The molecule has 0 saturated heterocycles. The second-order valence-electron chi connectivity index (χ2n) is 15.7. The van der Waals surface area contributed by atoms with Crippen LogP contribution in [0.3, 0.4) is 0 Å². The van der Waals surface area contributed by atoms with E-state index < -0.39 is 71.2 Å². The number of ether oxygens (including phenoxy) is 2. The van der Waals surface area contributed by atoms with Crippen LogP contribution in [0.15, 0.2) is 60.7 Å². The van der Waals surface area contributed by atoms with E-state index in [0.29, 0.717) is 12.8 Å². The van der Waals surface area contributed by atoms with Gasteiger partial charge >= 0.3 is 18.2 Å². The number of rotatable bonds is 19. The van der Waals surface area contributed by atoms with Gasteiger partial charge in [0.1, 0.15) is 35.4 Å². The van der Waals surface area contributed by atoms with Crippen LogP contribution in [-0.4, -0.2) is 82.9 Å². The van der Waals surface area contributed by atoms with E-state index in [9.17, 15) is 33.9 Å². The molecule has 0 bridgehead atoms. The van der Waals surface area contributed by atoms with Crippen LogP contribution in [0.25, 0.3) is 0 Å². The molecule has 0 heterocycles. The van der Waals surface area contributed by atoms with Gasteiger partial charge in [-0.3, -0.25) is 14.4 Å². The third-order valence-electron chi connectivity index (χ3n) is 7.75. The smallest absolute Gasteiger partial charge is 0.408 e. The molecule has 6 N–H and O–H groups in total. The first kappa shape index (κ1) is 45.0. The van der Waals surface area contributed by atoms with Crippen molar-refractivity contribution >= 4 is 35.9 Å². The van der Waals surface area contributed by atoms with E-state index in [0.717, 1.165) is 11.1 Å². The largest absolute Gasteiger partial charge is 0.480 e. The number of alkyl carbamates (subject to hydrolysis) is 2. The SMILES string of the molecule is CC(C)CC(NC(=O)[C@@H](Cc1ccccc1)NC(=O)[C@@H](Cc1ccccc1)NC(=O)OC(C)(C)C)C(=O)N[C@H](CCCCNC(=O)OC(C)(C)C)C(=O)O. The quantitative estimate of drug-likeness (QED) is 0.111. The molecule has 2 rings (SSSR count). The van der Waals surface area contributed by atoms with E-state index in [1.54, 1.807) is 65.8 Å². The molecule has 14 heteroatoms. The highest BCUT2D eigenvalue weighted by atomic mass is 16.6. The van der Waals surface area contributed by atoms with Crippen LogP contribution in [0.4, 0.5) is 9.59 Å². The Morgan fingerprint density at radius 1 is 0.593 bits per heavy atom. The Kier molecular flexibility index (Phi) is 18.0. The van der Waals surface area contributed by atoms with E-state index >= 15 is 0 Å². The van der Waals surface area contributed by atoms with Gasteiger partial charge in [-0.2, -0.15) is 0 Å². The summed E-state index contributed by atoms with van der Waals surface area (Å²) in [7, 11) is 0. The zero-order chi connectivity index (χ0) is 40.5. The molecular weight excluding hydrogens is 694 g/mol. The molecule has 4 atom stereocenters. The third kappa shape index (κ3) is 18.6. The molecule has 0 spiro atoms. The number of carboxylic acid groups (broad SMARTS) is 1. The summed E-state index contributed by atoms with van der Waals surface area (Å²) in [5.41, 5.74) is 0.0215. The standard InChI is InChI=1S/C40H59N5O9/c1-26(2)23-30(33(46)42-29(36(49)50)21-15-16-22-41-37(51)53-39(3,4)5)43-34(47)31(24-27-17-11-9-12-18-27)44-35(48)32(25-28-19-13-10-14-20-28)45-38(52)54-40(6,7)8/h9-14,17-20,26,29-32H,15-16,21-25H2,1-8H3,(H,41,51)(H,42,46)(H,43,47)(H,44,48)(H,45,52)(H,49,50)/t29-,30?,31-,32-/m1/s1. The van der Waals surface area contributed by atoms with Gasteiger partial charge in [-0.05, 0) is 84.3 Å². The summed E-state index contributed by atoms with van der Waals surface area (Å²) >= 11 is 0. The van der Waals surface area contributed by atoms with Crippen molar-refractivity contribution in [1.29, 1.82) is 0 Å². The maximum absolute atomic E-state index is 14.0. The van der Waals surface area contributed by atoms with Gasteiger partial charge < -0.3 is 41.2 Å². The first-order valence-electron chi connectivity index (χ1n) is 18.4. The van der Waals surface area contributed by atoms with Gasteiger partial charge in [-0.1, -0.05) is 74.5 Å². The second kappa shape index (κ2) is 21.5. The lowest BCUT2D eigenvalue weighted by atomic mass is 9.99. The average molecular weight is 754 g/mol. The Hall–Kier alpha value is -5.14. The molecule has 0 saturated carbocycles. The van der Waals surface area contributed by atoms with Gasteiger partial charge in [0, 0.05) is 19.4 Å². The summed E-state index contributed by atoms with van der Waals surface area (Å²) in [5.74, 6) is -3.30. The summed E-state index contributed by atoms with van der Waals surface area (Å²) in [6.45, 7) is 14.3. The fourth-order valence-electron chi connectivity index (χ4n) is 5.32. The van der Waals surface area contributed by atoms with Crippen molar-refractivity contribution in [2.24, 2.45) is 5.92 Å². The van der Waals surface area contributed by atoms with Gasteiger partial charge in [0.05, 0.1) is 0 Å². The highest BCUT2D eigenvalue weighted by Crippen LogP contribution is 2.13. The number of carboxylic acids is 1. The highest BCUT2D eigenvalue weighted by Gasteiger charge is 2.32. The summed E-state index contributed by atoms with van der Waals surface area (Å²) in [6.07, 6.45) is -0.118. The molecule has 14 nitrogen and oxygen atoms in total. The van der Waals surface area contributed by atoms with Crippen LogP contribution in [-0.2, 0) is 41.5 Å². The zero-order valence-electron chi connectivity index (χ0n) is 32.8. The van der Waals surface area contributed by atoms with Crippen LogP contribution >= 0.6 is 0 Å². The van der Waals surface area contributed by atoms with Gasteiger partial charge in [0.2, 0.25) is 17.7 Å². The molecule has 0 aliphatic rings. The van der Waals surface area contributed by atoms with Crippen LogP contribution in [0.2, 0.25) is 0 Å². The van der Waals surface area contributed by atoms with E-state index in [2.05, 4.69) is 26.6 Å². The topological polar surface area (TPSA) is 201 Å². The number of hydrogen-bond donors (Lipinski definition) is 6. The number of carbonyl (C=O) groups excluding carboxylic acids is 5. The van der Waals surface area contributed by atoms with Crippen molar-refractivity contribution in [3.63, 3.8) is 0 Å². The molecule has 298 valence electrons. The first-order valence-corrected chi connectivity index (χ1v) is 18.4. The van der Waals surface area contributed by atoms with Crippen molar-refractivity contribution in [2.45, 2.75) is 129 Å². The Morgan fingerprint density at radius 3 is 1.48 bits per heavy atom. The van der Waals surface area contributed by atoms with Crippen LogP contribution in [0.1, 0.15) is 92.2 Å². The number of hydrogen-bond acceptors (Lipinski definition) is 8. The van der Waals surface area contributed by atoms with E-state index in [1.807, 2.05) is 50.2 Å². The maximum atomic E-state index is 14.0. The molecule has 0 radical (unpaired) electrons. The Labute approximate surface area is 318 Å². The fourth-order valence-corrected chi connectivity index (χ4v) is 5.32. The minimum absolute atomic E-state index is 0.0635. The average Bonchev–Trinajstić information content (AvgIpc) is 3.05. The van der Waals surface area contributed by atoms with Gasteiger partial charge in [0.15, 0.2) is 0 Å². The van der Waals surface area contributed by atoms with E-state index in [-0.39, 0.29) is 38.1 Å². The van der Waals surface area contributed by atoms with Crippen molar-refractivity contribution in [3.05, 3.63) is 71.8 Å². The van der Waals surface area contributed by atoms with Gasteiger partial charge in [0.25, 0.3) is 0 Å². The van der Waals surface area contributed by atoms with Gasteiger partial charge in [-0.15, -0.1) is 0 Å². The Balaban J connectivity index is 2.23. The molecule has 2 aromatic rings. The molecule has 0 aliphatic heterocycles. The van der Waals surface area contributed by atoms with Crippen LogP contribution in [0.5, 0.6) is 0 Å². The second-order valence-corrected chi connectivity index (χ2v) is 15.7. The highest BCUT2D eigenvalue weighted by molar-refractivity contribution is 5.95. The number of unbranched alkanes of at least 4 members (excludes halogenated alkanes) is 1. The van der Waals surface area contributed by atoms with E-state index in [1.165, 1.54) is 0 Å². The summed E-state index contributed by atoms with van der Waals surface area (Å²) in [6, 6.07) is 13.4. The molecule has 1 unspecified atom stereocenters.